The average Bonchev–Trinajstić information content (AvgIpc) is 2.53. The Labute approximate surface area is 101 Å². The summed E-state index contributed by atoms with van der Waals surface area (Å²) < 4.78 is 0. The molecule has 0 amide bonds. The Morgan fingerprint density at radius 2 is 2.12 bits per heavy atom. The van der Waals surface area contributed by atoms with Crippen molar-refractivity contribution < 1.29 is 9.90 Å². The first kappa shape index (κ1) is 13.2. The van der Waals surface area contributed by atoms with Crippen molar-refractivity contribution in [2.45, 2.75) is 46.5 Å². The van der Waals surface area contributed by atoms with Gasteiger partial charge in [0.1, 0.15) is 0 Å². The monoisotopic (exact) mass is 241 g/mol. The second-order valence-corrected chi connectivity index (χ2v) is 5.61. The summed E-state index contributed by atoms with van der Waals surface area (Å²) in [6.07, 6.45) is 2.97. The van der Waals surface area contributed by atoms with E-state index in [1.165, 1.54) is 0 Å². The van der Waals surface area contributed by atoms with Gasteiger partial charge < -0.3 is 5.11 Å². The molecule has 0 aromatic carbocycles. The van der Waals surface area contributed by atoms with Gasteiger partial charge in [0.15, 0.2) is 0 Å². The van der Waals surface area contributed by atoms with Crippen LogP contribution in [0.3, 0.4) is 0 Å². The summed E-state index contributed by atoms with van der Waals surface area (Å²) in [5, 5.41) is 9.78. The Morgan fingerprint density at radius 1 is 1.44 bits per heavy atom. The first-order chi connectivity index (χ1) is 7.49. The molecule has 0 unspecified atom stereocenters. The minimum atomic E-state index is -0.739. The average molecular weight is 241 g/mol. The summed E-state index contributed by atoms with van der Waals surface area (Å²) in [6.45, 7) is 6.37. The van der Waals surface area contributed by atoms with Crippen LogP contribution >= 0.6 is 11.3 Å². The van der Waals surface area contributed by atoms with Gasteiger partial charge in [-0.05, 0) is 32.1 Å². The molecule has 4 heteroatoms. The predicted molar refractivity (Wildman–Crippen MR) is 66.0 cm³/mol. The molecular weight excluding hydrogens is 222 g/mol. The van der Waals surface area contributed by atoms with E-state index in [0.29, 0.717) is 12.3 Å². The minimum absolute atomic E-state index is 0.201. The van der Waals surface area contributed by atoms with Gasteiger partial charge in [-0.2, -0.15) is 0 Å². The molecule has 1 aromatic heterocycles. The van der Waals surface area contributed by atoms with Gasteiger partial charge in [-0.3, -0.25) is 4.79 Å². The highest BCUT2D eigenvalue weighted by molar-refractivity contribution is 7.11. The Kier molecular flexibility index (Phi) is 4.93. The Morgan fingerprint density at radius 3 is 2.69 bits per heavy atom. The SMILES string of the molecule is Cc1nc(CCC(C)C)sc1CCC(=O)O. The van der Waals surface area contributed by atoms with Crippen molar-refractivity contribution in [3.05, 3.63) is 15.6 Å². The highest BCUT2D eigenvalue weighted by Gasteiger charge is 2.09. The van der Waals surface area contributed by atoms with Crippen molar-refractivity contribution in [2.75, 3.05) is 0 Å². The van der Waals surface area contributed by atoms with Crippen LogP contribution in [0.25, 0.3) is 0 Å². The van der Waals surface area contributed by atoms with Crippen molar-refractivity contribution in [3.8, 4) is 0 Å². The number of aromatic nitrogens is 1. The lowest BCUT2D eigenvalue weighted by Gasteiger charge is -2.00. The molecule has 0 atom stereocenters. The molecule has 0 spiro atoms. The van der Waals surface area contributed by atoms with E-state index in [0.717, 1.165) is 28.4 Å². The van der Waals surface area contributed by atoms with Gasteiger partial charge >= 0.3 is 5.97 Å². The molecule has 3 nitrogen and oxygen atoms in total. The van der Waals surface area contributed by atoms with E-state index < -0.39 is 5.97 Å². The van der Waals surface area contributed by atoms with Gasteiger partial charge in [-0.25, -0.2) is 4.98 Å². The third kappa shape index (κ3) is 4.31. The molecule has 0 bridgehead atoms. The maximum Gasteiger partial charge on any atom is 0.303 e. The summed E-state index contributed by atoms with van der Waals surface area (Å²) in [4.78, 5) is 16.1. The molecule has 1 aromatic rings. The molecule has 0 aliphatic rings. The number of hydrogen-bond acceptors (Lipinski definition) is 3. The zero-order chi connectivity index (χ0) is 12.1. The second kappa shape index (κ2) is 5.99. The smallest absolute Gasteiger partial charge is 0.303 e. The normalized spacial score (nSPS) is 11.0. The highest BCUT2D eigenvalue weighted by Crippen LogP contribution is 2.21. The fraction of sp³-hybridized carbons (Fsp3) is 0.667. The topological polar surface area (TPSA) is 50.2 Å². The molecule has 90 valence electrons. The predicted octanol–water partition coefficient (Wildman–Crippen LogP) is 3.06. The van der Waals surface area contributed by atoms with Crippen LogP contribution in [0.15, 0.2) is 0 Å². The Hall–Kier alpha value is -0.900. The lowest BCUT2D eigenvalue weighted by molar-refractivity contribution is -0.136. The molecule has 0 aliphatic heterocycles. The third-order valence-corrected chi connectivity index (χ3v) is 3.72. The van der Waals surface area contributed by atoms with Gasteiger partial charge in [0.25, 0.3) is 0 Å². The molecule has 16 heavy (non-hydrogen) atoms. The van der Waals surface area contributed by atoms with Crippen LogP contribution in [0.2, 0.25) is 0 Å². The molecule has 1 heterocycles. The van der Waals surface area contributed by atoms with Crippen molar-refractivity contribution in [2.24, 2.45) is 5.92 Å². The lowest BCUT2D eigenvalue weighted by atomic mass is 10.1. The Balaban J connectivity index is 2.55. The van der Waals surface area contributed by atoms with Crippen molar-refractivity contribution in [1.82, 2.24) is 4.98 Å². The van der Waals surface area contributed by atoms with E-state index >= 15 is 0 Å². The number of carboxylic acid groups (broad SMARTS) is 1. The number of aryl methyl sites for hydroxylation is 3. The lowest BCUT2D eigenvalue weighted by Crippen LogP contribution is -1.96. The molecule has 0 fully saturated rings. The molecular formula is C12H19NO2S. The van der Waals surface area contributed by atoms with E-state index in [9.17, 15) is 4.79 Å². The fourth-order valence-electron chi connectivity index (χ4n) is 1.46. The minimum Gasteiger partial charge on any atom is -0.481 e. The number of carboxylic acids is 1. The maximum atomic E-state index is 10.5. The van der Waals surface area contributed by atoms with E-state index in [1.807, 2.05) is 6.92 Å². The van der Waals surface area contributed by atoms with Gasteiger partial charge in [0, 0.05) is 4.88 Å². The molecule has 0 aliphatic carbocycles. The van der Waals surface area contributed by atoms with Gasteiger partial charge in [-0.1, -0.05) is 13.8 Å². The zero-order valence-corrected chi connectivity index (χ0v) is 10.9. The first-order valence-electron chi connectivity index (χ1n) is 5.66. The van der Waals surface area contributed by atoms with Crippen molar-refractivity contribution in [3.63, 3.8) is 0 Å². The summed E-state index contributed by atoms with van der Waals surface area (Å²) in [7, 11) is 0. The quantitative estimate of drug-likeness (QED) is 0.832. The van der Waals surface area contributed by atoms with Crippen LogP contribution in [-0.2, 0) is 17.6 Å². The highest BCUT2D eigenvalue weighted by atomic mass is 32.1. The molecule has 0 radical (unpaired) electrons. The van der Waals surface area contributed by atoms with E-state index in [2.05, 4.69) is 18.8 Å². The molecule has 1 rings (SSSR count). The second-order valence-electron chi connectivity index (χ2n) is 4.44. The van der Waals surface area contributed by atoms with Crippen LogP contribution in [0.4, 0.5) is 0 Å². The number of rotatable bonds is 6. The summed E-state index contributed by atoms with van der Waals surface area (Å²) in [6, 6.07) is 0. The standard InChI is InChI=1S/C12H19NO2S/c1-8(2)4-6-11-13-9(3)10(16-11)5-7-12(14)15/h8H,4-7H2,1-3H3,(H,14,15). The van der Waals surface area contributed by atoms with Crippen molar-refractivity contribution >= 4 is 17.3 Å². The van der Waals surface area contributed by atoms with Crippen LogP contribution in [0.5, 0.6) is 0 Å². The van der Waals surface area contributed by atoms with Crippen LogP contribution in [0.1, 0.15) is 42.3 Å². The number of hydrogen-bond donors (Lipinski definition) is 1. The summed E-state index contributed by atoms with van der Waals surface area (Å²) >= 11 is 1.67. The Bertz CT molecular complexity index is 358. The van der Waals surface area contributed by atoms with E-state index in [1.54, 1.807) is 11.3 Å². The van der Waals surface area contributed by atoms with Gasteiger partial charge in [-0.15, -0.1) is 11.3 Å². The number of aliphatic carboxylic acids is 1. The first-order valence-corrected chi connectivity index (χ1v) is 6.47. The summed E-state index contributed by atoms with van der Waals surface area (Å²) in [5.74, 6) is -0.0526. The van der Waals surface area contributed by atoms with Crippen molar-refractivity contribution in [1.29, 1.82) is 0 Å². The fourth-order valence-corrected chi connectivity index (χ4v) is 2.54. The molecule has 0 saturated carbocycles. The third-order valence-electron chi connectivity index (χ3n) is 2.44. The van der Waals surface area contributed by atoms with Crippen LogP contribution in [0, 0.1) is 12.8 Å². The maximum absolute atomic E-state index is 10.5. The van der Waals surface area contributed by atoms with Crippen LogP contribution in [-0.4, -0.2) is 16.1 Å². The number of carbonyl (C=O) groups is 1. The summed E-state index contributed by atoms with van der Waals surface area (Å²) in [5.41, 5.74) is 1.00. The van der Waals surface area contributed by atoms with E-state index in [-0.39, 0.29) is 6.42 Å². The molecule has 0 saturated heterocycles. The van der Waals surface area contributed by atoms with E-state index in [4.69, 9.17) is 5.11 Å². The van der Waals surface area contributed by atoms with Gasteiger partial charge in [0.2, 0.25) is 0 Å². The number of thiazole rings is 1. The van der Waals surface area contributed by atoms with Crippen LogP contribution < -0.4 is 0 Å². The number of nitrogens with zero attached hydrogens (tertiary/aromatic N) is 1. The largest absolute Gasteiger partial charge is 0.481 e. The molecule has 1 N–H and O–H groups in total. The zero-order valence-electron chi connectivity index (χ0n) is 10.1. The van der Waals surface area contributed by atoms with Gasteiger partial charge in [0.05, 0.1) is 17.1 Å².